The van der Waals surface area contributed by atoms with Gasteiger partial charge < -0.3 is 9.55 Å². The Morgan fingerprint density at radius 2 is 2.25 bits per heavy atom. The molecule has 0 spiro atoms. The molecule has 0 radical (unpaired) electrons. The molecule has 1 saturated carbocycles. The maximum absolute atomic E-state index is 13.6. The molecule has 1 aromatic carbocycles. The first-order valence-corrected chi connectivity index (χ1v) is 7.97. The molecule has 1 aliphatic rings. The first kappa shape index (κ1) is 14.2. The average molecular weight is 358 g/mol. The minimum Gasteiger partial charge on any atom is -0.330 e. The van der Waals surface area contributed by atoms with Crippen LogP contribution < -0.4 is 0 Å². The lowest BCUT2D eigenvalue weighted by Gasteiger charge is -2.25. The summed E-state index contributed by atoms with van der Waals surface area (Å²) in [7, 11) is 2.16. The normalized spacial score (nSPS) is 17.1. The van der Waals surface area contributed by atoms with Gasteiger partial charge >= 0.3 is 0 Å². The van der Waals surface area contributed by atoms with Gasteiger partial charge in [0.15, 0.2) is 4.77 Å². The van der Waals surface area contributed by atoms with Gasteiger partial charge in [-0.05, 0) is 61.0 Å². The summed E-state index contributed by atoms with van der Waals surface area (Å²) in [5.41, 5.74) is 1.69. The Hall–Kier alpha value is -0.720. The van der Waals surface area contributed by atoms with Gasteiger partial charge in [0.1, 0.15) is 5.82 Å². The van der Waals surface area contributed by atoms with E-state index in [1.54, 1.807) is 6.07 Å². The standard InChI is InChI=1S/C14H17BrFN3S/c1-8(18(2)9-3-4-9)7-19-13-5-10(15)11(16)6-12(13)17-14(19)20/h5-6,8-9H,3-4,7H2,1-2H3,(H,17,20). The Kier molecular flexibility index (Phi) is 3.73. The van der Waals surface area contributed by atoms with E-state index >= 15 is 0 Å². The Balaban J connectivity index is 1.96. The quantitative estimate of drug-likeness (QED) is 0.833. The monoisotopic (exact) mass is 357 g/mol. The van der Waals surface area contributed by atoms with Gasteiger partial charge in [-0.25, -0.2) is 4.39 Å². The highest BCUT2D eigenvalue weighted by Gasteiger charge is 2.29. The second-order valence-corrected chi connectivity index (χ2v) is 6.81. The van der Waals surface area contributed by atoms with Crippen LogP contribution in [0.25, 0.3) is 11.0 Å². The Bertz CT molecular complexity index is 704. The van der Waals surface area contributed by atoms with Crippen LogP contribution in [-0.2, 0) is 6.54 Å². The van der Waals surface area contributed by atoms with Gasteiger partial charge in [-0.3, -0.25) is 4.90 Å². The summed E-state index contributed by atoms with van der Waals surface area (Å²) in [5, 5.41) is 0. The van der Waals surface area contributed by atoms with Crippen molar-refractivity contribution in [2.45, 2.75) is 38.4 Å². The number of benzene rings is 1. The van der Waals surface area contributed by atoms with Gasteiger partial charge in [-0.15, -0.1) is 0 Å². The number of rotatable bonds is 4. The highest BCUT2D eigenvalue weighted by atomic mass is 79.9. The Morgan fingerprint density at radius 3 is 2.90 bits per heavy atom. The van der Waals surface area contributed by atoms with E-state index in [1.807, 2.05) is 0 Å². The van der Waals surface area contributed by atoms with Gasteiger partial charge in [0, 0.05) is 24.7 Å². The molecule has 0 amide bonds. The molecule has 108 valence electrons. The molecule has 1 fully saturated rings. The van der Waals surface area contributed by atoms with Gasteiger partial charge in [0.25, 0.3) is 0 Å². The highest BCUT2D eigenvalue weighted by molar-refractivity contribution is 9.10. The molecule has 2 aromatic rings. The lowest BCUT2D eigenvalue weighted by Crippen LogP contribution is -2.34. The summed E-state index contributed by atoms with van der Waals surface area (Å²) < 4.78 is 16.7. The zero-order valence-corrected chi connectivity index (χ0v) is 13.9. The van der Waals surface area contributed by atoms with E-state index in [9.17, 15) is 4.39 Å². The molecule has 1 atom stereocenters. The van der Waals surface area contributed by atoms with E-state index < -0.39 is 0 Å². The van der Waals surface area contributed by atoms with Crippen molar-refractivity contribution in [1.29, 1.82) is 0 Å². The van der Waals surface area contributed by atoms with Crippen LogP contribution in [0.1, 0.15) is 19.8 Å². The number of fused-ring (bicyclic) bond motifs is 1. The van der Waals surface area contributed by atoms with Crippen LogP contribution >= 0.6 is 28.1 Å². The van der Waals surface area contributed by atoms with Crippen LogP contribution in [0, 0.1) is 10.6 Å². The number of halogens is 2. The molecule has 20 heavy (non-hydrogen) atoms. The summed E-state index contributed by atoms with van der Waals surface area (Å²) in [5.74, 6) is -0.274. The van der Waals surface area contributed by atoms with Crippen LogP contribution in [0.5, 0.6) is 0 Å². The number of nitrogens with one attached hydrogen (secondary N) is 1. The van der Waals surface area contributed by atoms with Crippen LogP contribution in [0.4, 0.5) is 4.39 Å². The third-order valence-electron chi connectivity index (χ3n) is 4.08. The maximum Gasteiger partial charge on any atom is 0.178 e. The fraction of sp³-hybridized carbons (Fsp3) is 0.500. The van der Waals surface area contributed by atoms with Crippen LogP contribution in [0.15, 0.2) is 16.6 Å². The van der Waals surface area contributed by atoms with E-state index in [4.69, 9.17) is 12.2 Å². The molecule has 1 heterocycles. The predicted octanol–water partition coefficient (Wildman–Crippen LogP) is 4.08. The average Bonchev–Trinajstić information content (AvgIpc) is 3.19. The number of aromatic amines is 1. The van der Waals surface area contributed by atoms with Crippen LogP contribution in [-0.4, -0.2) is 33.6 Å². The number of likely N-dealkylation sites (N-methyl/N-ethyl adjacent to an activating group) is 1. The number of imidazole rings is 1. The fourth-order valence-electron chi connectivity index (χ4n) is 2.57. The van der Waals surface area contributed by atoms with Crippen molar-refractivity contribution in [3.05, 3.63) is 27.2 Å². The maximum atomic E-state index is 13.6. The molecule has 6 heteroatoms. The van der Waals surface area contributed by atoms with Gasteiger partial charge in [0.2, 0.25) is 0 Å². The number of hydrogen-bond donors (Lipinski definition) is 1. The van der Waals surface area contributed by atoms with E-state index in [0.29, 0.717) is 21.3 Å². The van der Waals surface area contributed by atoms with Crippen molar-refractivity contribution in [3.8, 4) is 0 Å². The minimum absolute atomic E-state index is 0.274. The van der Waals surface area contributed by atoms with E-state index in [0.717, 1.165) is 17.6 Å². The second-order valence-electron chi connectivity index (χ2n) is 5.57. The molecule has 3 rings (SSSR count). The summed E-state index contributed by atoms with van der Waals surface area (Å²) in [4.78, 5) is 5.48. The van der Waals surface area contributed by atoms with Crippen molar-refractivity contribution in [2.24, 2.45) is 0 Å². The molecule has 1 N–H and O–H groups in total. The summed E-state index contributed by atoms with van der Waals surface area (Å²) in [6, 6.07) is 4.40. The zero-order valence-electron chi connectivity index (χ0n) is 11.5. The zero-order chi connectivity index (χ0) is 14.4. The number of nitrogens with zero attached hydrogens (tertiary/aromatic N) is 2. The van der Waals surface area contributed by atoms with Crippen molar-refractivity contribution in [3.63, 3.8) is 0 Å². The Labute approximate surface area is 130 Å². The molecule has 1 unspecified atom stereocenters. The summed E-state index contributed by atoms with van der Waals surface area (Å²) >= 11 is 8.62. The summed E-state index contributed by atoms with van der Waals surface area (Å²) in [6.07, 6.45) is 2.58. The van der Waals surface area contributed by atoms with Crippen molar-refractivity contribution < 1.29 is 4.39 Å². The molecule has 1 aliphatic carbocycles. The third kappa shape index (κ3) is 2.56. The molecule has 1 aromatic heterocycles. The van der Waals surface area contributed by atoms with E-state index in [2.05, 4.69) is 44.4 Å². The number of hydrogen-bond acceptors (Lipinski definition) is 2. The van der Waals surface area contributed by atoms with Crippen molar-refractivity contribution >= 4 is 39.2 Å². The molecule has 0 saturated heterocycles. The Morgan fingerprint density at radius 1 is 1.55 bits per heavy atom. The van der Waals surface area contributed by atoms with Crippen LogP contribution in [0.3, 0.4) is 0 Å². The van der Waals surface area contributed by atoms with Gasteiger partial charge in [0.05, 0.1) is 15.5 Å². The van der Waals surface area contributed by atoms with Crippen molar-refractivity contribution in [1.82, 2.24) is 14.5 Å². The first-order chi connectivity index (χ1) is 9.47. The van der Waals surface area contributed by atoms with Crippen LogP contribution in [0.2, 0.25) is 0 Å². The molecular formula is C14H17BrFN3S. The number of H-pyrrole nitrogens is 1. The summed E-state index contributed by atoms with van der Waals surface area (Å²) in [6.45, 7) is 3.02. The topological polar surface area (TPSA) is 24.0 Å². The molecular weight excluding hydrogens is 341 g/mol. The molecule has 0 aliphatic heterocycles. The fourth-order valence-corrected chi connectivity index (χ4v) is 3.18. The lowest BCUT2D eigenvalue weighted by molar-refractivity contribution is 0.226. The molecule has 3 nitrogen and oxygen atoms in total. The lowest BCUT2D eigenvalue weighted by atomic mass is 10.2. The SMILES string of the molecule is CC(Cn1c(=S)[nH]c2cc(F)c(Br)cc21)N(C)C1CC1. The van der Waals surface area contributed by atoms with Gasteiger partial charge in [-0.1, -0.05) is 0 Å². The smallest absolute Gasteiger partial charge is 0.178 e. The highest BCUT2D eigenvalue weighted by Crippen LogP contribution is 2.28. The third-order valence-corrected chi connectivity index (χ3v) is 5.01. The van der Waals surface area contributed by atoms with Crippen molar-refractivity contribution in [2.75, 3.05) is 7.05 Å². The number of aromatic nitrogens is 2. The predicted molar refractivity (Wildman–Crippen MR) is 85.0 cm³/mol. The molecule has 0 bridgehead atoms. The minimum atomic E-state index is -0.274. The largest absolute Gasteiger partial charge is 0.330 e. The van der Waals surface area contributed by atoms with E-state index in [1.165, 1.54) is 18.9 Å². The van der Waals surface area contributed by atoms with E-state index in [-0.39, 0.29) is 5.82 Å². The second kappa shape index (κ2) is 5.24. The first-order valence-electron chi connectivity index (χ1n) is 6.77. The van der Waals surface area contributed by atoms with Gasteiger partial charge in [-0.2, -0.15) is 0 Å².